The lowest BCUT2D eigenvalue weighted by atomic mass is 9.95. The zero-order valence-corrected chi connectivity index (χ0v) is 28.9. The molecule has 0 aromatic rings. The summed E-state index contributed by atoms with van der Waals surface area (Å²) in [7, 11) is 0. The van der Waals surface area contributed by atoms with Gasteiger partial charge >= 0.3 is 0 Å². The summed E-state index contributed by atoms with van der Waals surface area (Å²) in [5.41, 5.74) is 0. The Morgan fingerprint density at radius 1 is 0.333 bits per heavy atom. The Kier molecular flexibility index (Phi) is 15.0. The van der Waals surface area contributed by atoms with Gasteiger partial charge in [-0.25, -0.2) is 0 Å². The smallest absolute Gasteiger partial charge is 0.187 e. The van der Waals surface area contributed by atoms with E-state index in [-0.39, 0.29) is 0 Å². The third-order valence-corrected chi connectivity index (χ3v) is 10.2. The fraction of sp³-hybridized carbons (Fsp3) is 1.00. The van der Waals surface area contributed by atoms with Crippen molar-refractivity contribution in [1.82, 2.24) is 0 Å². The zero-order valence-electron chi connectivity index (χ0n) is 28.9. The van der Waals surface area contributed by atoms with Crippen molar-refractivity contribution in [3.8, 4) is 0 Å². The SMILES string of the molecule is C[C@@H]1O[C@@H](O[C@@H]2[C@@H](O[C@@H]3O[C@H](CO)[C@H](O[C@H]4O[C@H](CO)[C@H](O)[C@H](O)[C@H]4O)[C@H](O)[C@H]3O[C@@H]3O[C@@H](C)[C@@H](O)[C@@H](O)[C@@H]3O)[C@@H](O)[C@@H](CO)O[C@H]2O)[C@@H](O)[C@H](O)[C@@H]1O. The monoisotopic (exact) mass is 796 g/mol. The van der Waals surface area contributed by atoms with Crippen molar-refractivity contribution >= 4 is 0 Å². The zero-order chi connectivity index (χ0) is 39.9. The molecule has 5 saturated heterocycles. The number of aliphatic hydroxyl groups excluding tert-OH is 15. The van der Waals surface area contributed by atoms with E-state index >= 15 is 0 Å². The average Bonchev–Trinajstić information content (AvgIpc) is 3.15. The summed E-state index contributed by atoms with van der Waals surface area (Å²) >= 11 is 0. The maximum Gasteiger partial charge on any atom is 0.187 e. The molecule has 0 amide bonds. The molecule has 0 spiro atoms. The van der Waals surface area contributed by atoms with Crippen molar-refractivity contribution in [3.63, 3.8) is 0 Å². The topological polar surface area (TPSA) is 387 Å². The molecular formula is C30H52O24. The van der Waals surface area contributed by atoms with Crippen molar-refractivity contribution in [2.75, 3.05) is 19.8 Å². The van der Waals surface area contributed by atoms with E-state index in [1.807, 2.05) is 0 Å². The van der Waals surface area contributed by atoms with E-state index in [1.54, 1.807) is 0 Å². The molecule has 0 bridgehead atoms. The highest BCUT2D eigenvalue weighted by atomic mass is 16.8. The molecule has 24 heteroatoms. The molecule has 0 aliphatic carbocycles. The Hall–Kier alpha value is -0.960. The van der Waals surface area contributed by atoms with Gasteiger partial charge in [0.2, 0.25) is 0 Å². The molecule has 5 aliphatic heterocycles. The van der Waals surface area contributed by atoms with Crippen LogP contribution in [0.1, 0.15) is 13.8 Å². The van der Waals surface area contributed by atoms with Crippen LogP contribution in [0, 0.1) is 0 Å². The molecule has 0 radical (unpaired) electrons. The van der Waals surface area contributed by atoms with E-state index in [9.17, 15) is 76.6 Å². The first kappa shape index (κ1) is 44.1. The summed E-state index contributed by atoms with van der Waals surface area (Å²) in [5, 5.41) is 157. The molecule has 5 fully saturated rings. The van der Waals surface area contributed by atoms with Gasteiger partial charge in [0.05, 0.1) is 32.0 Å². The van der Waals surface area contributed by atoms with Crippen LogP contribution in [0.4, 0.5) is 0 Å². The van der Waals surface area contributed by atoms with Crippen LogP contribution in [0.15, 0.2) is 0 Å². The second-order valence-corrected chi connectivity index (χ2v) is 13.9. The van der Waals surface area contributed by atoms with Gasteiger partial charge in [-0.05, 0) is 13.8 Å². The van der Waals surface area contributed by atoms with Gasteiger partial charge in [-0.3, -0.25) is 0 Å². The molecule has 0 saturated carbocycles. The molecule has 0 aromatic carbocycles. The Balaban J connectivity index is 1.47. The first-order valence-electron chi connectivity index (χ1n) is 17.3. The molecule has 5 aliphatic rings. The molecule has 24 nitrogen and oxygen atoms in total. The summed E-state index contributed by atoms with van der Waals surface area (Å²) in [5.74, 6) is 0. The van der Waals surface area contributed by atoms with Crippen LogP contribution in [0.25, 0.3) is 0 Å². The average molecular weight is 797 g/mol. The van der Waals surface area contributed by atoms with Crippen LogP contribution in [0.5, 0.6) is 0 Å². The second kappa shape index (κ2) is 18.3. The summed E-state index contributed by atoms with van der Waals surface area (Å²) < 4.78 is 50.8. The van der Waals surface area contributed by atoms with Gasteiger partial charge in [0.1, 0.15) is 110 Å². The summed E-state index contributed by atoms with van der Waals surface area (Å²) in [4.78, 5) is 0. The normalized spacial score (nSPS) is 54.7. The molecule has 15 N–H and O–H groups in total. The van der Waals surface area contributed by atoms with Crippen molar-refractivity contribution in [1.29, 1.82) is 0 Å². The van der Waals surface area contributed by atoms with Gasteiger partial charge < -0.3 is 119 Å². The van der Waals surface area contributed by atoms with Gasteiger partial charge in [0, 0.05) is 0 Å². The summed E-state index contributed by atoms with van der Waals surface area (Å²) in [6.45, 7) is -0.0853. The fourth-order valence-corrected chi connectivity index (χ4v) is 6.87. The minimum absolute atomic E-state index is 0.846. The van der Waals surface area contributed by atoms with Gasteiger partial charge in [-0.2, -0.15) is 0 Å². The number of ether oxygens (including phenoxy) is 9. The molecule has 5 rings (SSSR count). The minimum Gasteiger partial charge on any atom is -0.394 e. The Labute approximate surface area is 306 Å². The van der Waals surface area contributed by atoms with Crippen LogP contribution in [-0.4, -0.2) is 250 Å². The molecular weight excluding hydrogens is 744 g/mol. The van der Waals surface area contributed by atoms with Crippen molar-refractivity contribution in [2.45, 2.75) is 167 Å². The van der Waals surface area contributed by atoms with Crippen LogP contribution < -0.4 is 0 Å². The molecule has 54 heavy (non-hydrogen) atoms. The van der Waals surface area contributed by atoms with Crippen LogP contribution in [-0.2, 0) is 42.6 Å². The lowest BCUT2D eigenvalue weighted by molar-refractivity contribution is -0.409. The van der Waals surface area contributed by atoms with Crippen LogP contribution in [0.2, 0.25) is 0 Å². The maximum absolute atomic E-state index is 11.8. The number of rotatable bonds is 11. The van der Waals surface area contributed by atoms with Crippen molar-refractivity contribution in [3.05, 3.63) is 0 Å². The Bertz CT molecular complexity index is 1170. The molecule has 316 valence electrons. The fourth-order valence-electron chi connectivity index (χ4n) is 6.87. The lowest BCUT2D eigenvalue weighted by Crippen LogP contribution is -2.69. The molecule has 5 heterocycles. The minimum atomic E-state index is -2.10. The van der Waals surface area contributed by atoms with E-state index < -0.39 is 173 Å². The predicted octanol–water partition coefficient (Wildman–Crippen LogP) is -9.87. The highest BCUT2D eigenvalue weighted by Gasteiger charge is 2.57. The van der Waals surface area contributed by atoms with E-state index in [4.69, 9.17) is 42.6 Å². The lowest BCUT2D eigenvalue weighted by Gasteiger charge is -2.50. The Morgan fingerprint density at radius 3 is 1.22 bits per heavy atom. The highest BCUT2D eigenvalue weighted by Crippen LogP contribution is 2.37. The van der Waals surface area contributed by atoms with Crippen molar-refractivity contribution < 1.29 is 119 Å². The third kappa shape index (κ3) is 8.72. The maximum atomic E-state index is 11.8. The van der Waals surface area contributed by atoms with E-state index in [0.717, 1.165) is 0 Å². The number of hydrogen-bond acceptors (Lipinski definition) is 24. The van der Waals surface area contributed by atoms with Gasteiger partial charge in [-0.1, -0.05) is 0 Å². The number of aliphatic hydroxyl groups is 15. The van der Waals surface area contributed by atoms with Gasteiger partial charge in [0.15, 0.2) is 31.5 Å². The van der Waals surface area contributed by atoms with E-state index in [0.29, 0.717) is 0 Å². The molecule has 0 unspecified atom stereocenters. The largest absolute Gasteiger partial charge is 0.394 e. The predicted molar refractivity (Wildman–Crippen MR) is 164 cm³/mol. The Morgan fingerprint density at radius 2 is 0.722 bits per heavy atom. The quantitative estimate of drug-likeness (QED) is 0.0923. The first-order chi connectivity index (χ1) is 25.4. The van der Waals surface area contributed by atoms with Crippen LogP contribution in [0.3, 0.4) is 0 Å². The summed E-state index contributed by atoms with van der Waals surface area (Å²) in [6, 6.07) is 0. The third-order valence-electron chi connectivity index (χ3n) is 10.2. The molecule has 0 aromatic heterocycles. The van der Waals surface area contributed by atoms with Gasteiger partial charge in [0.25, 0.3) is 0 Å². The number of hydrogen-bond donors (Lipinski definition) is 15. The van der Waals surface area contributed by atoms with Crippen molar-refractivity contribution in [2.24, 2.45) is 0 Å². The van der Waals surface area contributed by atoms with E-state index in [2.05, 4.69) is 0 Å². The standard InChI is InChI=1S/C30H52O24/c1-6-11(34)15(38)18(41)27(46-6)53-24-21(44)22(51-29-20(43)17(40)13(36)8(3-31)49-29)10(5-33)50-30(24)52-23-14(37)9(4-32)48-26(45)25(23)54-28-19(42)16(39)12(35)7(2)47-28/h6-45H,3-5H2,1-2H3/t6-,7-,8+,9+,10+,11+,12+,13-,14-,15+,16+,17-,18-,19-,20+,21-,22-,23-,24+,25+,26+,27-,28-,29+,30-/m0/s1. The van der Waals surface area contributed by atoms with Crippen LogP contribution >= 0.6 is 0 Å². The first-order valence-corrected chi connectivity index (χ1v) is 17.3. The van der Waals surface area contributed by atoms with Gasteiger partial charge in [-0.15, -0.1) is 0 Å². The molecule has 25 atom stereocenters. The second-order valence-electron chi connectivity index (χ2n) is 13.9. The van der Waals surface area contributed by atoms with E-state index in [1.165, 1.54) is 13.8 Å². The highest BCUT2D eigenvalue weighted by molar-refractivity contribution is 4.99. The summed E-state index contributed by atoms with van der Waals surface area (Å²) in [6.07, 6.45) is -44.6.